The fraction of sp³-hybridized carbons (Fsp3) is 0.500. The van der Waals surface area contributed by atoms with Crippen molar-refractivity contribution in [1.29, 1.82) is 5.41 Å². The SMILES string of the molecule is COC(C)(C)CCOc1ncccc1C(=N)N. The van der Waals surface area contributed by atoms with Gasteiger partial charge in [0, 0.05) is 19.7 Å². The number of nitrogens with one attached hydrogen (secondary N) is 1. The molecule has 0 saturated heterocycles. The Morgan fingerprint density at radius 2 is 2.24 bits per heavy atom. The van der Waals surface area contributed by atoms with Crippen LogP contribution in [-0.2, 0) is 4.74 Å². The van der Waals surface area contributed by atoms with E-state index in [0.717, 1.165) is 6.42 Å². The predicted molar refractivity (Wildman–Crippen MR) is 66.5 cm³/mol. The summed E-state index contributed by atoms with van der Waals surface area (Å²) in [6, 6.07) is 3.44. The van der Waals surface area contributed by atoms with Gasteiger partial charge in [-0.1, -0.05) is 0 Å². The first-order valence-corrected chi connectivity index (χ1v) is 5.43. The number of aromatic nitrogens is 1. The minimum absolute atomic E-state index is 0.0425. The zero-order valence-corrected chi connectivity index (χ0v) is 10.5. The van der Waals surface area contributed by atoms with E-state index >= 15 is 0 Å². The van der Waals surface area contributed by atoms with E-state index < -0.39 is 0 Å². The number of nitrogens with zero attached hydrogens (tertiary/aromatic N) is 1. The van der Waals surface area contributed by atoms with Crippen molar-refractivity contribution in [2.24, 2.45) is 5.73 Å². The van der Waals surface area contributed by atoms with Gasteiger partial charge in [-0.3, -0.25) is 5.41 Å². The monoisotopic (exact) mass is 237 g/mol. The van der Waals surface area contributed by atoms with Crippen LogP contribution in [0.5, 0.6) is 5.88 Å². The number of hydrogen-bond donors (Lipinski definition) is 2. The Labute approximate surface area is 101 Å². The molecule has 5 heteroatoms. The maximum Gasteiger partial charge on any atom is 0.224 e. The van der Waals surface area contributed by atoms with Crippen LogP contribution in [0.15, 0.2) is 18.3 Å². The summed E-state index contributed by atoms with van der Waals surface area (Å²) < 4.78 is 10.8. The van der Waals surface area contributed by atoms with Crippen LogP contribution in [0.3, 0.4) is 0 Å². The van der Waals surface area contributed by atoms with Gasteiger partial charge < -0.3 is 15.2 Å². The van der Waals surface area contributed by atoms with Crippen molar-refractivity contribution < 1.29 is 9.47 Å². The maximum absolute atomic E-state index is 7.40. The van der Waals surface area contributed by atoms with E-state index in [2.05, 4.69) is 4.98 Å². The van der Waals surface area contributed by atoms with Gasteiger partial charge >= 0.3 is 0 Å². The van der Waals surface area contributed by atoms with Crippen molar-refractivity contribution in [3.8, 4) is 5.88 Å². The van der Waals surface area contributed by atoms with Gasteiger partial charge in [0.2, 0.25) is 5.88 Å². The molecule has 0 atom stereocenters. The minimum Gasteiger partial charge on any atom is -0.477 e. The van der Waals surface area contributed by atoms with Crippen molar-refractivity contribution in [3.63, 3.8) is 0 Å². The molecule has 0 bridgehead atoms. The molecule has 17 heavy (non-hydrogen) atoms. The zero-order chi connectivity index (χ0) is 12.9. The molecule has 0 spiro atoms. The summed E-state index contributed by atoms with van der Waals surface area (Å²) in [6.45, 7) is 4.44. The highest BCUT2D eigenvalue weighted by Gasteiger charge is 2.17. The van der Waals surface area contributed by atoms with E-state index in [9.17, 15) is 0 Å². The van der Waals surface area contributed by atoms with E-state index in [4.69, 9.17) is 20.6 Å². The molecule has 1 rings (SSSR count). The lowest BCUT2D eigenvalue weighted by Gasteiger charge is -2.22. The third-order valence-electron chi connectivity index (χ3n) is 2.56. The average molecular weight is 237 g/mol. The highest BCUT2D eigenvalue weighted by atomic mass is 16.5. The molecule has 1 aromatic rings. The van der Waals surface area contributed by atoms with Gasteiger partial charge in [0.25, 0.3) is 0 Å². The first-order chi connectivity index (χ1) is 7.96. The summed E-state index contributed by atoms with van der Waals surface area (Å²) in [4.78, 5) is 4.06. The lowest BCUT2D eigenvalue weighted by Crippen LogP contribution is -2.25. The molecule has 1 heterocycles. The molecule has 0 aromatic carbocycles. The number of pyridine rings is 1. The first-order valence-electron chi connectivity index (χ1n) is 5.43. The van der Waals surface area contributed by atoms with Crippen molar-refractivity contribution in [2.75, 3.05) is 13.7 Å². The van der Waals surface area contributed by atoms with E-state index in [1.54, 1.807) is 25.4 Å². The lowest BCUT2D eigenvalue weighted by molar-refractivity contribution is 0.00507. The topological polar surface area (TPSA) is 81.2 Å². The van der Waals surface area contributed by atoms with Gasteiger partial charge in [0.1, 0.15) is 5.84 Å². The molecule has 0 aliphatic carbocycles. The van der Waals surface area contributed by atoms with Crippen LogP contribution in [0.2, 0.25) is 0 Å². The summed E-state index contributed by atoms with van der Waals surface area (Å²) in [5, 5.41) is 7.40. The maximum atomic E-state index is 7.40. The number of ether oxygens (including phenoxy) is 2. The Hall–Kier alpha value is -1.62. The molecule has 5 nitrogen and oxygen atoms in total. The van der Waals surface area contributed by atoms with Gasteiger partial charge in [-0.25, -0.2) is 4.98 Å². The second-order valence-corrected chi connectivity index (χ2v) is 4.33. The molecule has 0 aliphatic rings. The normalized spacial score (nSPS) is 11.2. The smallest absolute Gasteiger partial charge is 0.224 e. The number of nitrogen functional groups attached to an aromatic ring is 1. The quantitative estimate of drug-likeness (QED) is 0.581. The van der Waals surface area contributed by atoms with Crippen molar-refractivity contribution in [3.05, 3.63) is 23.9 Å². The number of methoxy groups -OCH3 is 1. The van der Waals surface area contributed by atoms with Crippen LogP contribution in [0.4, 0.5) is 0 Å². The van der Waals surface area contributed by atoms with Crippen molar-refractivity contribution >= 4 is 5.84 Å². The van der Waals surface area contributed by atoms with Gasteiger partial charge in [-0.2, -0.15) is 0 Å². The summed E-state index contributed by atoms with van der Waals surface area (Å²) in [5.74, 6) is 0.353. The van der Waals surface area contributed by atoms with E-state index in [1.165, 1.54) is 0 Å². The Kier molecular flexibility index (Phi) is 4.45. The molecule has 0 fully saturated rings. The van der Waals surface area contributed by atoms with Crippen LogP contribution < -0.4 is 10.5 Å². The van der Waals surface area contributed by atoms with Crippen LogP contribution in [0.1, 0.15) is 25.8 Å². The number of nitrogens with two attached hydrogens (primary N) is 1. The number of hydrogen-bond acceptors (Lipinski definition) is 4. The Balaban J connectivity index is 2.61. The molecular formula is C12H19N3O2. The number of rotatable bonds is 6. The van der Waals surface area contributed by atoms with Crippen molar-refractivity contribution in [1.82, 2.24) is 4.98 Å². The van der Waals surface area contributed by atoms with Crippen LogP contribution in [-0.4, -0.2) is 30.1 Å². The van der Waals surface area contributed by atoms with Gasteiger partial charge in [-0.05, 0) is 26.0 Å². The molecule has 1 aromatic heterocycles. The van der Waals surface area contributed by atoms with E-state index in [0.29, 0.717) is 18.1 Å². The van der Waals surface area contributed by atoms with E-state index in [-0.39, 0.29) is 11.4 Å². The molecule has 94 valence electrons. The summed E-state index contributed by atoms with van der Waals surface area (Å²) in [7, 11) is 1.67. The highest BCUT2D eigenvalue weighted by molar-refractivity contribution is 5.96. The molecular weight excluding hydrogens is 218 g/mol. The van der Waals surface area contributed by atoms with Crippen LogP contribution >= 0.6 is 0 Å². The standard InChI is InChI=1S/C12H19N3O2/c1-12(2,16-3)6-8-17-11-9(10(13)14)5-4-7-15-11/h4-5,7H,6,8H2,1-3H3,(H3,13,14). The molecule has 3 N–H and O–H groups in total. The summed E-state index contributed by atoms with van der Waals surface area (Å²) in [6.07, 6.45) is 2.35. The third kappa shape index (κ3) is 4.03. The zero-order valence-electron chi connectivity index (χ0n) is 10.5. The lowest BCUT2D eigenvalue weighted by atomic mass is 10.1. The average Bonchev–Trinajstić information content (AvgIpc) is 2.29. The molecule has 0 amide bonds. The van der Waals surface area contributed by atoms with Crippen LogP contribution in [0.25, 0.3) is 0 Å². The third-order valence-corrected chi connectivity index (χ3v) is 2.56. The second kappa shape index (κ2) is 5.63. The summed E-state index contributed by atoms with van der Waals surface area (Å²) in [5.41, 5.74) is 5.72. The molecule has 0 aliphatic heterocycles. The number of amidine groups is 1. The van der Waals surface area contributed by atoms with Gasteiger partial charge in [0.05, 0.1) is 17.8 Å². The van der Waals surface area contributed by atoms with E-state index in [1.807, 2.05) is 13.8 Å². The Morgan fingerprint density at radius 1 is 1.53 bits per heavy atom. The van der Waals surface area contributed by atoms with Crippen LogP contribution in [0, 0.1) is 5.41 Å². The fourth-order valence-corrected chi connectivity index (χ4v) is 1.21. The highest BCUT2D eigenvalue weighted by Crippen LogP contribution is 2.17. The van der Waals surface area contributed by atoms with Gasteiger partial charge in [-0.15, -0.1) is 0 Å². The van der Waals surface area contributed by atoms with Crippen molar-refractivity contribution in [2.45, 2.75) is 25.9 Å². The first kappa shape index (κ1) is 13.4. The molecule has 0 radical (unpaired) electrons. The molecule has 0 unspecified atom stereocenters. The predicted octanol–water partition coefficient (Wildman–Crippen LogP) is 1.56. The minimum atomic E-state index is -0.231. The fourth-order valence-electron chi connectivity index (χ4n) is 1.21. The summed E-state index contributed by atoms with van der Waals surface area (Å²) >= 11 is 0. The van der Waals surface area contributed by atoms with Gasteiger partial charge in [0.15, 0.2) is 0 Å². The largest absolute Gasteiger partial charge is 0.477 e. The second-order valence-electron chi connectivity index (χ2n) is 4.33. The Bertz CT molecular complexity index is 391. The molecule has 0 saturated carbocycles. The Morgan fingerprint density at radius 3 is 2.82 bits per heavy atom.